The van der Waals surface area contributed by atoms with Crippen LogP contribution in [0.15, 0.2) is 23.1 Å². The number of carboxylic acid groups (broad SMARTS) is 1. The lowest BCUT2D eigenvalue weighted by molar-refractivity contribution is -0.140. The fourth-order valence-corrected chi connectivity index (χ4v) is 2.95. The van der Waals surface area contributed by atoms with Gasteiger partial charge in [-0.25, -0.2) is 12.8 Å². The third-order valence-electron chi connectivity index (χ3n) is 2.40. The Kier molecular flexibility index (Phi) is 4.89. The van der Waals surface area contributed by atoms with Crippen LogP contribution >= 0.6 is 11.6 Å². The topological polar surface area (TPSA) is 83.5 Å². The molecule has 0 radical (unpaired) electrons. The summed E-state index contributed by atoms with van der Waals surface area (Å²) >= 11 is 5.52. The van der Waals surface area contributed by atoms with Gasteiger partial charge >= 0.3 is 5.97 Å². The van der Waals surface area contributed by atoms with E-state index in [4.69, 9.17) is 16.7 Å². The van der Waals surface area contributed by atoms with Crippen LogP contribution in [-0.4, -0.2) is 25.5 Å². The van der Waals surface area contributed by atoms with Gasteiger partial charge in [0.25, 0.3) is 0 Å². The molecule has 0 aliphatic rings. The minimum atomic E-state index is -4.26. The summed E-state index contributed by atoms with van der Waals surface area (Å²) in [4.78, 5) is 10.3. The quantitative estimate of drug-likeness (QED) is 0.869. The Balaban J connectivity index is 3.14. The van der Waals surface area contributed by atoms with Crippen LogP contribution in [0.1, 0.15) is 13.8 Å². The molecule has 0 fully saturated rings. The number of benzene rings is 1. The van der Waals surface area contributed by atoms with Gasteiger partial charge in [0.2, 0.25) is 10.0 Å². The average Bonchev–Trinajstić information content (AvgIpc) is 2.24. The number of hydrogen-bond donors (Lipinski definition) is 2. The van der Waals surface area contributed by atoms with Crippen molar-refractivity contribution in [3.8, 4) is 0 Å². The molecule has 1 aromatic carbocycles. The smallest absolute Gasteiger partial charge is 0.322 e. The Bertz CT molecular complexity index is 588. The van der Waals surface area contributed by atoms with Crippen molar-refractivity contribution in [1.82, 2.24) is 4.72 Å². The highest BCUT2D eigenvalue weighted by Crippen LogP contribution is 2.19. The molecule has 106 valence electrons. The van der Waals surface area contributed by atoms with Gasteiger partial charge in [0.05, 0.1) is 0 Å². The highest BCUT2D eigenvalue weighted by Gasteiger charge is 2.29. The predicted octanol–water partition coefficient (Wildman–Crippen LogP) is 1.87. The van der Waals surface area contributed by atoms with E-state index in [1.54, 1.807) is 13.8 Å². The van der Waals surface area contributed by atoms with Crippen molar-refractivity contribution in [1.29, 1.82) is 0 Å². The molecule has 1 unspecified atom stereocenters. The number of sulfonamides is 1. The number of carbonyl (C=O) groups is 1. The van der Waals surface area contributed by atoms with Crippen molar-refractivity contribution in [2.75, 3.05) is 0 Å². The van der Waals surface area contributed by atoms with Crippen molar-refractivity contribution < 1.29 is 22.7 Å². The minimum absolute atomic E-state index is 0.0510. The molecule has 0 spiro atoms. The summed E-state index contributed by atoms with van der Waals surface area (Å²) in [6.45, 7) is 3.08. The molecular formula is C11H13ClFNO4S. The highest BCUT2D eigenvalue weighted by atomic mass is 35.5. The van der Waals surface area contributed by atoms with Crippen molar-refractivity contribution >= 4 is 27.6 Å². The van der Waals surface area contributed by atoms with Crippen molar-refractivity contribution in [3.05, 3.63) is 29.0 Å². The minimum Gasteiger partial charge on any atom is -0.480 e. The fraction of sp³-hybridized carbons (Fsp3) is 0.364. The number of halogens is 2. The molecule has 0 saturated carbocycles. The largest absolute Gasteiger partial charge is 0.480 e. The predicted molar refractivity (Wildman–Crippen MR) is 68.0 cm³/mol. The molecule has 0 amide bonds. The first kappa shape index (κ1) is 15.9. The van der Waals surface area contributed by atoms with Crippen molar-refractivity contribution in [3.63, 3.8) is 0 Å². The Morgan fingerprint density at radius 1 is 1.42 bits per heavy atom. The zero-order valence-electron chi connectivity index (χ0n) is 10.2. The lowest BCUT2D eigenvalue weighted by atomic mass is 10.1. The van der Waals surface area contributed by atoms with Gasteiger partial charge in [-0.1, -0.05) is 25.4 Å². The number of hydrogen-bond acceptors (Lipinski definition) is 3. The Morgan fingerprint density at radius 3 is 2.42 bits per heavy atom. The van der Waals surface area contributed by atoms with Gasteiger partial charge in [-0.15, -0.1) is 0 Å². The maximum Gasteiger partial charge on any atom is 0.322 e. The molecule has 0 aliphatic carbocycles. The van der Waals surface area contributed by atoms with Crippen LogP contribution in [0, 0.1) is 11.7 Å². The molecule has 0 bridgehead atoms. The molecule has 8 heteroatoms. The Hall–Kier alpha value is -1.18. The van der Waals surface area contributed by atoms with Gasteiger partial charge < -0.3 is 5.11 Å². The normalized spacial score (nSPS) is 13.5. The first-order valence-corrected chi connectivity index (χ1v) is 7.21. The SMILES string of the molecule is CC(C)C(NS(=O)(=O)c1ccc(Cl)cc1F)C(=O)O. The fourth-order valence-electron chi connectivity index (χ4n) is 1.40. The first-order valence-electron chi connectivity index (χ1n) is 5.35. The van der Waals surface area contributed by atoms with Crippen LogP contribution < -0.4 is 4.72 Å². The lowest BCUT2D eigenvalue weighted by Crippen LogP contribution is -2.44. The molecule has 0 aliphatic heterocycles. The molecule has 0 aromatic heterocycles. The molecule has 2 N–H and O–H groups in total. The van der Waals surface area contributed by atoms with Gasteiger partial charge in [-0.2, -0.15) is 4.72 Å². The van der Waals surface area contributed by atoms with E-state index >= 15 is 0 Å². The second-order valence-electron chi connectivity index (χ2n) is 4.26. The number of nitrogens with one attached hydrogen (secondary N) is 1. The summed E-state index contributed by atoms with van der Waals surface area (Å²) in [6, 6.07) is 1.71. The van der Waals surface area contributed by atoms with E-state index in [1.165, 1.54) is 6.07 Å². The third kappa shape index (κ3) is 3.89. The van der Waals surface area contributed by atoms with E-state index in [2.05, 4.69) is 0 Å². The summed E-state index contributed by atoms with van der Waals surface area (Å²) in [5, 5.41) is 8.98. The van der Waals surface area contributed by atoms with E-state index < -0.39 is 38.7 Å². The van der Waals surface area contributed by atoms with E-state index in [0.29, 0.717) is 0 Å². The molecule has 5 nitrogen and oxygen atoms in total. The monoisotopic (exact) mass is 309 g/mol. The molecule has 19 heavy (non-hydrogen) atoms. The van der Waals surface area contributed by atoms with Crippen LogP contribution in [0.5, 0.6) is 0 Å². The van der Waals surface area contributed by atoms with Gasteiger partial charge in [0, 0.05) is 5.02 Å². The second kappa shape index (κ2) is 5.85. The van der Waals surface area contributed by atoms with E-state index in [1.807, 2.05) is 4.72 Å². The lowest BCUT2D eigenvalue weighted by Gasteiger charge is -2.18. The van der Waals surface area contributed by atoms with Crippen LogP contribution in [0.25, 0.3) is 0 Å². The number of aliphatic carboxylic acids is 1. The van der Waals surface area contributed by atoms with Crippen LogP contribution in [0.4, 0.5) is 4.39 Å². The van der Waals surface area contributed by atoms with E-state index in [9.17, 15) is 17.6 Å². The molecule has 0 heterocycles. The first-order chi connectivity index (χ1) is 8.65. The van der Waals surface area contributed by atoms with Gasteiger partial charge in [-0.3, -0.25) is 4.79 Å². The zero-order chi connectivity index (χ0) is 14.8. The van der Waals surface area contributed by atoms with Gasteiger partial charge in [0.15, 0.2) is 0 Å². The third-order valence-corrected chi connectivity index (χ3v) is 4.11. The summed E-state index contributed by atoms with van der Waals surface area (Å²) in [6.07, 6.45) is 0. The Labute approximate surface area is 115 Å². The average molecular weight is 310 g/mol. The zero-order valence-corrected chi connectivity index (χ0v) is 11.8. The molecule has 0 saturated heterocycles. The summed E-state index contributed by atoms with van der Waals surface area (Å²) in [5.74, 6) is -2.84. The number of carboxylic acids is 1. The number of rotatable bonds is 5. The van der Waals surface area contributed by atoms with E-state index in [-0.39, 0.29) is 5.02 Å². The summed E-state index contributed by atoms with van der Waals surface area (Å²) in [7, 11) is -4.26. The van der Waals surface area contributed by atoms with Crippen LogP contribution in [0.2, 0.25) is 5.02 Å². The van der Waals surface area contributed by atoms with E-state index in [0.717, 1.165) is 12.1 Å². The van der Waals surface area contributed by atoms with Crippen molar-refractivity contribution in [2.45, 2.75) is 24.8 Å². The standard InChI is InChI=1S/C11H13ClFNO4S/c1-6(2)10(11(15)16)14-19(17,18)9-4-3-7(12)5-8(9)13/h3-6,10,14H,1-2H3,(H,15,16). The molecule has 1 rings (SSSR count). The maximum atomic E-state index is 13.5. The maximum absolute atomic E-state index is 13.5. The van der Waals surface area contributed by atoms with Crippen LogP contribution in [-0.2, 0) is 14.8 Å². The summed E-state index contributed by atoms with van der Waals surface area (Å²) in [5.41, 5.74) is 0. The second-order valence-corrected chi connectivity index (χ2v) is 6.37. The van der Waals surface area contributed by atoms with Gasteiger partial charge in [-0.05, 0) is 24.1 Å². The molecule has 1 aromatic rings. The van der Waals surface area contributed by atoms with Gasteiger partial charge in [0.1, 0.15) is 16.8 Å². The Morgan fingerprint density at radius 2 is 2.00 bits per heavy atom. The summed E-state index contributed by atoms with van der Waals surface area (Å²) < 4.78 is 39.4. The highest BCUT2D eigenvalue weighted by molar-refractivity contribution is 7.89. The van der Waals surface area contributed by atoms with Crippen molar-refractivity contribution in [2.24, 2.45) is 5.92 Å². The molecular weight excluding hydrogens is 297 g/mol. The van der Waals surface area contributed by atoms with Crippen LogP contribution in [0.3, 0.4) is 0 Å². The molecule has 1 atom stereocenters.